The zero-order valence-electron chi connectivity index (χ0n) is 15.4. The van der Waals surface area contributed by atoms with E-state index in [1.54, 1.807) is 0 Å². The molecule has 3 rings (SSSR count). The number of aromatic nitrogens is 2. The Hall–Kier alpha value is -2.53. The van der Waals surface area contributed by atoms with Gasteiger partial charge in [-0.05, 0) is 56.5 Å². The highest BCUT2D eigenvalue weighted by Crippen LogP contribution is 2.34. The average Bonchev–Trinajstić information content (AvgIpc) is 3.12. The molecule has 0 aliphatic carbocycles. The third kappa shape index (κ3) is 3.68. The van der Waals surface area contributed by atoms with Crippen LogP contribution in [0.15, 0.2) is 36.4 Å². The molecule has 4 nitrogen and oxygen atoms in total. The highest BCUT2D eigenvalue weighted by molar-refractivity contribution is 7.17. The van der Waals surface area contributed by atoms with Crippen LogP contribution >= 0.6 is 11.3 Å². The van der Waals surface area contributed by atoms with Crippen LogP contribution in [0.5, 0.6) is 5.75 Å². The van der Waals surface area contributed by atoms with Gasteiger partial charge in [0.05, 0.1) is 6.10 Å². The van der Waals surface area contributed by atoms with E-state index in [9.17, 15) is 4.79 Å². The van der Waals surface area contributed by atoms with Crippen molar-refractivity contribution in [2.75, 3.05) is 0 Å². The molecular weight excluding hydrogens is 344 g/mol. The lowest BCUT2D eigenvalue weighted by molar-refractivity contribution is 0.112. The molecule has 0 unspecified atom stereocenters. The minimum absolute atomic E-state index is 0.144. The summed E-state index contributed by atoms with van der Waals surface area (Å²) in [5.41, 5.74) is 4.81. The van der Waals surface area contributed by atoms with Crippen molar-refractivity contribution in [1.29, 1.82) is 0 Å². The topological polar surface area (TPSA) is 52.1 Å². The Bertz CT molecular complexity index is 932. The molecule has 2 aromatic carbocycles. The third-order valence-corrected chi connectivity index (χ3v) is 5.14. The number of aryl methyl sites for hydroxylation is 1. The van der Waals surface area contributed by atoms with Gasteiger partial charge in [-0.15, -0.1) is 10.2 Å². The van der Waals surface area contributed by atoms with E-state index in [-0.39, 0.29) is 6.10 Å². The Morgan fingerprint density at radius 3 is 2.58 bits per heavy atom. The molecule has 3 aromatic rings. The number of aldehydes is 1. The summed E-state index contributed by atoms with van der Waals surface area (Å²) < 4.78 is 5.80. The van der Waals surface area contributed by atoms with Gasteiger partial charge in [0, 0.05) is 16.7 Å². The molecule has 0 N–H and O–H groups in total. The molecule has 0 fully saturated rings. The van der Waals surface area contributed by atoms with Gasteiger partial charge in [0.1, 0.15) is 22.1 Å². The summed E-state index contributed by atoms with van der Waals surface area (Å²) in [6, 6.07) is 11.8. The van der Waals surface area contributed by atoms with Gasteiger partial charge in [0.25, 0.3) is 0 Å². The van der Waals surface area contributed by atoms with Crippen LogP contribution in [0.1, 0.15) is 42.3 Å². The second-order valence-corrected chi connectivity index (χ2v) is 7.38. The number of hydrogen-bond acceptors (Lipinski definition) is 5. The van der Waals surface area contributed by atoms with Gasteiger partial charge in [-0.3, -0.25) is 4.79 Å². The van der Waals surface area contributed by atoms with E-state index in [0.29, 0.717) is 5.56 Å². The number of carbonyl (C=O) groups excluding carboxylic acids is 1. The van der Waals surface area contributed by atoms with Crippen molar-refractivity contribution < 1.29 is 9.53 Å². The van der Waals surface area contributed by atoms with E-state index in [4.69, 9.17) is 4.74 Å². The molecule has 26 heavy (non-hydrogen) atoms. The predicted molar refractivity (Wildman–Crippen MR) is 106 cm³/mol. The monoisotopic (exact) mass is 366 g/mol. The smallest absolute Gasteiger partial charge is 0.150 e. The van der Waals surface area contributed by atoms with Crippen LogP contribution in [0.3, 0.4) is 0 Å². The van der Waals surface area contributed by atoms with Gasteiger partial charge in [-0.25, -0.2) is 0 Å². The number of rotatable bonds is 6. The molecule has 5 heteroatoms. The fourth-order valence-corrected chi connectivity index (χ4v) is 3.82. The van der Waals surface area contributed by atoms with Crippen LogP contribution in [0, 0.1) is 6.92 Å². The van der Waals surface area contributed by atoms with Gasteiger partial charge in [0.15, 0.2) is 0 Å². The Kier molecular flexibility index (Phi) is 5.47. The minimum Gasteiger partial charge on any atom is -0.491 e. The van der Waals surface area contributed by atoms with Crippen molar-refractivity contribution in [3.05, 3.63) is 53.1 Å². The van der Waals surface area contributed by atoms with Crippen molar-refractivity contribution >= 4 is 17.6 Å². The minimum atomic E-state index is 0.144. The van der Waals surface area contributed by atoms with E-state index in [1.165, 1.54) is 11.3 Å². The molecule has 0 bridgehead atoms. The molecule has 0 atom stereocenters. The first-order valence-electron chi connectivity index (χ1n) is 8.72. The molecule has 0 saturated carbocycles. The van der Waals surface area contributed by atoms with E-state index >= 15 is 0 Å². The molecule has 1 heterocycles. The zero-order valence-corrected chi connectivity index (χ0v) is 16.3. The summed E-state index contributed by atoms with van der Waals surface area (Å²) >= 11 is 1.54. The average molecular weight is 366 g/mol. The fourth-order valence-electron chi connectivity index (χ4n) is 2.93. The van der Waals surface area contributed by atoms with E-state index in [0.717, 1.165) is 50.7 Å². The SMILES string of the molecule is CCc1c(C=O)cccc1-c1nnc(-c2ccc(OC(C)C)c(C)c2)s1. The lowest BCUT2D eigenvalue weighted by atomic mass is 10.00. The maximum atomic E-state index is 11.3. The number of nitrogens with zero attached hydrogens (tertiary/aromatic N) is 2. The van der Waals surface area contributed by atoms with Crippen LogP contribution in [0.4, 0.5) is 0 Å². The number of carbonyl (C=O) groups is 1. The quantitative estimate of drug-likeness (QED) is 0.552. The third-order valence-electron chi connectivity index (χ3n) is 4.13. The molecule has 1 aromatic heterocycles. The van der Waals surface area contributed by atoms with E-state index in [1.807, 2.05) is 58.0 Å². The first-order valence-corrected chi connectivity index (χ1v) is 9.53. The molecule has 0 amide bonds. The summed E-state index contributed by atoms with van der Waals surface area (Å²) in [5.74, 6) is 0.889. The first kappa shape index (κ1) is 18.3. The second kappa shape index (κ2) is 7.79. The molecule has 0 aliphatic rings. The predicted octanol–water partition coefficient (Wildman–Crippen LogP) is 5.34. The van der Waals surface area contributed by atoms with Gasteiger partial charge in [-0.2, -0.15) is 0 Å². The Morgan fingerprint density at radius 1 is 1.15 bits per heavy atom. The van der Waals surface area contributed by atoms with Crippen molar-refractivity contribution in [3.8, 4) is 26.9 Å². The standard InChI is InChI=1S/C21H22N2O2S/c1-5-17-16(12-24)7-6-8-18(17)21-23-22-20(26-21)15-9-10-19(14(4)11-15)25-13(2)3/h6-13H,5H2,1-4H3. The Balaban J connectivity index is 1.96. The molecule has 0 radical (unpaired) electrons. The summed E-state index contributed by atoms with van der Waals surface area (Å²) in [6.45, 7) is 8.11. The maximum Gasteiger partial charge on any atom is 0.150 e. The van der Waals surface area contributed by atoms with E-state index in [2.05, 4.69) is 16.3 Å². The van der Waals surface area contributed by atoms with Crippen LogP contribution in [0.2, 0.25) is 0 Å². The fraction of sp³-hybridized carbons (Fsp3) is 0.286. The molecule has 134 valence electrons. The number of benzene rings is 2. The van der Waals surface area contributed by atoms with Crippen molar-refractivity contribution in [2.24, 2.45) is 0 Å². The van der Waals surface area contributed by atoms with Gasteiger partial charge in [-0.1, -0.05) is 36.5 Å². The number of hydrogen-bond donors (Lipinski definition) is 0. The van der Waals surface area contributed by atoms with Gasteiger partial charge < -0.3 is 4.74 Å². The lowest BCUT2D eigenvalue weighted by Crippen LogP contribution is -2.06. The highest BCUT2D eigenvalue weighted by atomic mass is 32.1. The van der Waals surface area contributed by atoms with Crippen molar-refractivity contribution in [1.82, 2.24) is 10.2 Å². The van der Waals surface area contributed by atoms with Gasteiger partial charge >= 0.3 is 0 Å². The van der Waals surface area contributed by atoms with Crippen LogP contribution in [0.25, 0.3) is 21.1 Å². The summed E-state index contributed by atoms with van der Waals surface area (Å²) in [5, 5.41) is 10.4. The van der Waals surface area contributed by atoms with Crippen LogP contribution in [-0.2, 0) is 6.42 Å². The Morgan fingerprint density at radius 2 is 1.92 bits per heavy atom. The summed E-state index contributed by atoms with van der Waals surface area (Å²) in [4.78, 5) is 11.3. The van der Waals surface area contributed by atoms with Crippen LogP contribution in [-0.4, -0.2) is 22.6 Å². The summed E-state index contributed by atoms with van der Waals surface area (Å²) in [6.07, 6.45) is 1.82. The molecule has 0 saturated heterocycles. The first-order chi connectivity index (χ1) is 12.5. The summed E-state index contributed by atoms with van der Waals surface area (Å²) in [7, 11) is 0. The molecular formula is C21H22N2O2S. The lowest BCUT2D eigenvalue weighted by Gasteiger charge is -2.12. The molecule has 0 aliphatic heterocycles. The Labute approximate surface area is 157 Å². The van der Waals surface area contributed by atoms with Crippen molar-refractivity contribution in [2.45, 2.75) is 40.2 Å². The van der Waals surface area contributed by atoms with Crippen molar-refractivity contribution in [3.63, 3.8) is 0 Å². The number of ether oxygens (including phenoxy) is 1. The maximum absolute atomic E-state index is 11.3. The van der Waals surface area contributed by atoms with E-state index < -0.39 is 0 Å². The van der Waals surface area contributed by atoms with Crippen LogP contribution < -0.4 is 4.74 Å². The normalized spacial score (nSPS) is 11.0. The second-order valence-electron chi connectivity index (χ2n) is 6.40. The molecule has 0 spiro atoms. The van der Waals surface area contributed by atoms with Gasteiger partial charge in [0.2, 0.25) is 0 Å². The zero-order chi connectivity index (χ0) is 18.7. The highest BCUT2D eigenvalue weighted by Gasteiger charge is 2.14. The largest absolute Gasteiger partial charge is 0.491 e.